The summed E-state index contributed by atoms with van der Waals surface area (Å²) in [7, 11) is 0. The molecule has 1 aliphatic rings. The van der Waals surface area contributed by atoms with Gasteiger partial charge < -0.3 is 14.9 Å². The molecule has 1 amide bonds. The Labute approximate surface area is 180 Å². The monoisotopic (exact) mass is 422 g/mol. The largest absolute Gasteiger partial charge is 0.508 e. The third-order valence-corrected chi connectivity index (χ3v) is 5.42. The lowest BCUT2D eigenvalue weighted by Gasteiger charge is -2.22. The van der Waals surface area contributed by atoms with Crippen molar-refractivity contribution in [1.29, 1.82) is 0 Å². The van der Waals surface area contributed by atoms with E-state index in [1.54, 1.807) is 30.7 Å². The lowest BCUT2D eigenvalue weighted by Crippen LogP contribution is -2.31. The van der Waals surface area contributed by atoms with Crippen LogP contribution in [0.15, 0.2) is 47.4 Å². The van der Waals surface area contributed by atoms with Gasteiger partial charge in [0.15, 0.2) is 0 Å². The molecule has 0 bridgehead atoms. The fraction of sp³-hybridized carbons (Fsp3) is 0.409. The van der Waals surface area contributed by atoms with Crippen LogP contribution in [-0.2, 0) is 11.3 Å². The summed E-state index contributed by atoms with van der Waals surface area (Å²) >= 11 is 0. The summed E-state index contributed by atoms with van der Waals surface area (Å²) in [5, 5.41) is 16.6. The van der Waals surface area contributed by atoms with Crippen molar-refractivity contribution in [2.45, 2.75) is 38.1 Å². The first-order valence-electron chi connectivity index (χ1n) is 10.5. The van der Waals surface area contributed by atoms with Crippen molar-refractivity contribution < 1.29 is 14.4 Å². The number of amides is 1. The Balaban J connectivity index is 1.43. The summed E-state index contributed by atoms with van der Waals surface area (Å²) in [6, 6.07) is 7.20. The minimum atomic E-state index is 0.0436. The first-order valence-corrected chi connectivity index (χ1v) is 10.5. The zero-order valence-electron chi connectivity index (χ0n) is 17.3. The number of rotatable bonds is 4. The van der Waals surface area contributed by atoms with Gasteiger partial charge in [0.2, 0.25) is 17.6 Å². The molecule has 9 heteroatoms. The van der Waals surface area contributed by atoms with Gasteiger partial charge in [-0.1, -0.05) is 17.3 Å². The maximum Gasteiger partial charge on any atom is 0.230 e. The van der Waals surface area contributed by atoms with Crippen LogP contribution in [0.25, 0.3) is 11.5 Å². The van der Waals surface area contributed by atoms with Crippen LogP contribution in [0.3, 0.4) is 0 Å². The van der Waals surface area contributed by atoms with Gasteiger partial charge in [-0.3, -0.25) is 14.7 Å². The summed E-state index contributed by atoms with van der Waals surface area (Å²) in [4.78, 5) is 27.3. The van der Waals surface area contributed by atoms with Gasteiger partial charge >= 0.3 is 0 Å². The van der Waals surface area contributed by atoms with E-state index in [4.69, 9.17) is 4.52 Å². The van der Waals surface area contributed by atoms with Crippen molar-refractivity contribution in [2.24, 2.45) is 0 Å². The van der Waals surface area contributed by atoms with Crippen LogP contribution >= 0.6 is 0 Å². The predicted octanol–water partition coefficient (Wildman–Crippen LogP) is 2.51. The molecule has 0 spiro atoms. The van der Waals surface area contributed by atoms with E-state index >= 15 is 0 Å². The number of aromatic hydroxyl groups is 1. The molecule has 1 fully saturated rings. The lowest BCUT2D eigenvalue weighted by molar-refractivity contribution is -0.121. The minimum Gasteiger partial charge on any atom is -0.508 e. The van der Waals surface area contributed by atoms with Gasteiger partial charge in [0.05, 0.1) is 6.20 Å². The van der Waals surface area contributed by atoms with E-state index < -0.39 is 0 Å². The summed E-state index contributed by atoms with van der Waals surface area (Å²) in [6.45, 7) is 2.85. The van der Waals surface area contributed by atoms with Crippen LogP contribution in [0, 0.1) is 0 Å². The molecule has 1 unspecified atom stereocenters. The number of aromatic nitrogens is 4. The number of nitrogens with one attached hydrogen (secondary N) is 1. The second-order valence-electron chi connectivity index (χ2n) is 7.72. The highest BCUT2D eigenvalue weighted by Gasteiger charge is 2.22. The van der Waals surface area contributed by atoms with E-state index in [0.29, 0.717) is 36.9 Å². The van der Waals surface area contributed by atoms with Crippen molar-refractivity contribution in [1.82, 2.24) is 30.3 Å². The molecule has 1 aromatic carbocycles. The quantitative estimate of drug-likeness (QED) is 0.659. The minimum absolute atomic E-state index is 0.0436. The van der Waals surface area contributed by atoms with Gasteiger partial charge in [-0.25, -0.2) is 4.98 Å². The number of hydrogen-bond acceptors (Lipinski definition) is 8. The van der Waals surface area contributed by atoms with Crippen molar-refractivity contribution in [2.75, 3.05) is 19.6 Å². The van der Waals surface area contributed by atoms with Gasteiger partial charge in [-0.2, -0.15) is 4.98 Å². The summed E-state index contributed by atoms with van der Waals surface area (Å²) < 4.78 is 5.54. The molecule has 31 heavy (non-hydrogen) atoms. The SMILES string of the molecule is O=C1CCN(Cc2ccc(O)cc2)CCCC(c2nc(-c3cnccn3)no2)CCN1. The summed E-state index contributed by atoms with van der Waals surface area (Å²) in [5.74, 6) is 1.35. The average molecular weight is 422 g/mol. The van der Waals surface area contributed by atoms with Crippen LogP contribution < -0.4 is 5.32 Å². The van der Waals surface area contributed by atoms with Gasteiger partial charge in [-0.05, 0) is 43.5 Å². The Morgan fingerprint density at radius 1 is 1.16 bits per heavy atom. The third-order valence-electron chi connectivity index (χ3n) is 5.42. The molecule has 0 radical (unpaired) electrons. The molecule has 9 nitrogen and oxygen atoms in total. The van der Waals surface area contributed by atoms with Gasteiger partial charge in [0.25, 0.3) is 0 Å². The standard InChI is InChI=1S/C22H26N6O3/c29-18-5-3-16(4-6-18)15-28-12-1-2-17(7-9-25-20(30)8-13-28)22-26-21(27-31-22)19-14-23-10-11-24-19/h3-6,10-11,14,17,29H,1-2,7-9,12-13,15H2,(H,25,30). The molecule has 2 aromatic heterocycles. The molecule has 1 aliphatic heterocycles. The number of benzene rings is 1. The van der Waals surface area contributed by atoms with E-state index in [-0.39, 0.29) is 17.6 Å². The molecule has 1 saturated heterocycles. The van der Waals surface area contributed by atoms with Gasteiger partial charge in [0.1, 0.15) is 11.4 Å². The van der Waals surface area contributed by atoms with Gasteiger partial charge in [0, 0.05) is 44.4 Å². The lowest BCUT2D eigenvalue weighted by atomic mass is 9.99. The first-order chi connectivity index (χ1) is 15.2. The second-order valence-corrected chi connectivity index (χ2v) is 7.72. The number of nitrogens with zero attached hydrogens (tertiary/aromatic N) is 5. The number of hydrogen-bond donors (Lipinski definition) is 2. The molecule has 0 aliphatic carbocycles. The fourth-order valence-corrected chi connectivity index (χ4v) is 3.74. The zero-order valence-corrected chi connectivity index (χ0v) is 17.3. The van der Waals surface area contributed by atoms with Crippen molar-refractivity contribution in [3.63, 3.8) is 0 Å². The molecule has 3 aromatic rings. The molecule has 2 N–H and O–H groups in total. The van der Waals surface area contributed by atoms with Crippen LogP contribution in [-0.4, -0.2) is 55.7 Å². The van der Waals surface area contributed by atoms with Crippen LogP contribution in [0.4, 0.5) is 0 Å². The van der Waals surface area contributed by atoms with Crippen LogP contribution in [0.2, 0.25) is 0 Å². The fourth-order valence-electron chi connectivity index (χ4n) is 3.74. The molecular weight excluding hydrogens is 396 g/mol. The van der Waals surface area contributed by atoms with E-state index in [2.05, 4.69) is 30.3 Å². The summed E-state index contributed by atoms with van der Waals surface area (Å²) in [6.07, 6.45) is 7.82. The topological polar surface area (TPSA) is 117 Å². The van der Waals surface area contributed by atoms with E-state index in [1.165, 1.54) is 0 Å². The van der Waals surface area contributed by atoms with Crippen molar-refractivity contribution in [3.05, 3.63) is 54.3 Å². The maximum absolute atomic E-state index is 12.3. The number of carbonyl (C=O) groups is 1. The Hall–Kier alpha value is -3.33. The third kappa shape index (κ3) is 5.85. The summed E-state index contributed by atoms with van der Waals surface area (Å²) in [5.41, 5.74) is 1.68. The van der Waals surface area contributed by atoms with Crippen LogP contribution in [0.5, 0.6) is 5.75 Å². The van der Waals surface area contributed by atoms with E-state index in [1.807, 2.05) is 12.1 Å². The van der Waals surface area contributed by atoms with Crippen LogP contribution in [0.1, 0.15) is 43.1 Å². The Kier molecular flexibility index (Phi) is 6.83. The number of carbonyl (C=O) groups excluding carboxylic acids is 1. The highest BCUT2D eigenvalue weighted by atomic mass is 16.5. The zero-order chi connectivity index (χ0) is 21.5. The Bertz CT molecular complexity index is 976. The average Bonchev–Trinajstić information content (AvgIpc) is 3.27. The maximum atomic E-state index is 12.3. The molecule has 0 saturated carbocycles. The van der Waals surface area contributed by atoms with Crippen molar-refractivity contribution >= 4 is 5.91 Å². The molecule has 162 valence electrons. The second kappa shape index (κ2) is 10.1. The van der Waals surface area contributed by atoms with Gasteiger partial charge in [-0.15, -0.1) is 0 Å². The number of phenolic OH excluding ortho intramolecular Hbond substituents is 1. The smallest absolute Gasteiger partial charge is 0.230 e. The van der Waals surface area contributed by atoms with Crippen molar-refractivity contribution in [3.8, 4) is 17.3 Å². The normalized spacial score (nSPS) is 18.8. The Morgan fingerprint density at radius 2 is 2.03 bits per heavy atom. The molecular formula is C22H26N6O3. The Morgan fingerprint density at radius 3 is 2.84 bits per heavy atom. The number of phenols is 1. The highest BCUT2D eigenvalue weighted by molar-refractivity contribution is 5.76. The highest BCUT2D eigenvalue weighted by Crippen LogP contribution is 2.26. The molecule has 4 rings (SSSR count). The van der Waals surface area contributed by atoms with E-state index in [9.17, 15) is 9.90 Å². The predicted molar refractivity (Wildman–Crippen MR) is 113 cm³/mol. The first kappa shape index (κ1) is 20.9. The van der Waals surface area contributed by atoms with E-state index in [0.717, 1.165) is 37.9 Å². The molecule has 3 heterocycles. The molecule has 1 atom stereocenters.